The molecule has 0 fully saturated rings. The van der Waals surface area contributed by atoms with Gasteiger partial charge in [-0.3, -0.25) is 0 Å². The number of para-hydroxylation sites is 1. The summed E-state index contributed by atoms with van der Waals surface area (Å²) in [5.41, 5.74) is 18.3. The van der Waals surface area contributed by atoms with Gasteiger partial charge in [0.2, 0.25) is 0 Å². The molecule has 0 atom stereocenters. The molecule has 57 heavy (non-hydrogen) atoms. The van der Waals surface area contributed by atoms with Gasteiger partial charge in [0.05, 0.1) is 11.1 Å². The van der Waals surface area contributed by atoms with E-state index in [4.69, 9.17) is 0 Å². The number of thiophene rings is 1. The second-order valence-corrected chi connectivity index (χ2v) is 16.3. The zero-order valence-electron chi connectivity index (χ0n) is 31.1. The van der Waals surface area contributed by atoms with Crippen molar-refractivity contribution < 1.29 is 0 Å². The SMILES string of the molecule is c1ccc(-c2ccccc2N(c2cccc(-c3ccc4sc5ccccc5c4c3)c2)c2ccc3c(c2)C2(c4ccccc4-c4ccccc42)c2ccccc2-3)cc1. The van der Waals surface area contributed by atoms with Crippen molar-refractivity contribution in [1.29, 1.82) is 0 Å². The molecule has 1 aromatic heterocycles. The second-order valence-electron chi connectivity index (χ2n) is 15.2. The zero-order valence-corrected chi connectivity index (χ0v) is 31.9. The molecule has 9 aromatic carbocycles. The molecule has 12 rings (SSSR count). The first-order chi connectivity index (χ1) is 28.3. The van der Waals surface area contributed by atoms with Gasteiger partial charge in [-0.05, 0) is 110 Å². The summed E-state index contributed by atoms with van der Waals surface area (Å²) in [7, 11) is 0. The minimum atomic E-state index is -0.430. The lowest BCUT2D eigenvalue weighted by atomic mass is 9.70. The summed E-state index contributed by atoms with van der Waals surface area (Å²) in [6.45, 7) is 0. The smallest absolute Gasteiger partial charge is 0.0726 e. The second kappa shape index (κ2) is 12.5. The molecular weight excluding hydrogens is 707 g/mol. The fraction of sp³-hybridized carbons (Fsp3) is 0.0182. The first-order valence-corrected chi connectivity index (χ1v) is 20.5. The van der Waals surface area contributed by atoms with Crippen LogP contribution >= 0.6 is 11.3 Å². The van der Waals surface area contributed by atoms with Crippen LogP contribution in [-0.4, -0.2) is 0 Å². The van der Waals surface area contributed by atoms with Crippen LogP contribution in [0.25, 0.3) is 64.7 Å². The summed E-state index contributed by atoms with van der Waals surface area (Å²) in [6.07, 6.45) is 0. The standard InChI is InChI=1S/C55H35NS/c1-2-15-36(16-3-1)41-19-7-12-27-52(41)56(39-18-14-17-37(33-39)38-29-32-54-47(34-38)46-23-8-13-28-53(46)57-54)40-30-31-45-44-22-6-11-26-50(44)55(51(45)35-40)48-24-9-4-20-42(48)43-21-5-10-25-49(43)55/h1-35H. The molecule has 0 N–H and O–H groups in total. The Kier molecular flexibility index (Phi) is 7.08. The van der Waals surface area contributed by atoms with Crippen LogP contribution in [0, 0.1) is 0 Å². The molecule has 10 aromatic rings. The highest BCUT2D eigenvalue weighted by Gasteiger charge is 2.51. The predicted octanol–water partition coefficient (Wildman–Crippen LogP) is 15.2. The van der Waals surface area contributed by atoms with Gasteiger partial charge in [-0.1, -0.05) is 164 Å². The van der Waals surface area contributed by atoms with Crippen LogP contribution in [0.4, 0.5) is 17.1 Å². The Morgan fingerprint density at radius 2 is 0.860 bits per heavy atom. The number of nitrogens with zero attached hydrogens (tertiary/aromatic N) is 1. The van der Waals surface area contributed by atoms with Crippen LogP contribution in [0.15, 0.2) is 212 Å². The van der Waals surface area contributed by atoms with Crippen LogP contribution in [0.1, 0.15) is 22.3 Å². The maximum absolute atomic E-state index is 2.49. The first kappa shape index (κ1) is 32.3. The topological polar surface area (TPSA) is 3.24 Å². The molecule has 0 aliphatic heterocycles. The molecular formula is C55H35NS. The maximum Gasteiger partial charge on any atom is 0.0726 e. The van der Waals surface area contributed by atoms with Gasteiger partial charge in [-0.25, -0.2) is 0 Å². The van der Waals surface area contributed by atoms with Crippen LogP contribution in [0.2, 0.25) is 0 Å². The number of hydrogen-bond acceptors (Lipinski definition) is 2. The van der Waals surface area contributed by atoms with E-state index in [2.05, 4.69) is 217 Å². The first-order valence-electron chi connectivity index (χ1n) is 19.7. The molecule has 1 spiro atoms. The molecule has 0 bridgehead atoms. The largest absolute Gasteiger partial charge is 0.310 e. The Balaban J connectivity index is 1.10. The van der Waals surface area contributed by atoms with E-state index in [1.807, 2.05) is 11.3 Å². The van der Waals surface area contributed by atoms with Crippen LogP contribution in [0.5, 0.6) is 0 Å². The lowest BCUT2D eigenvalue weighted by Crippen LogP contribution is -2.26. The molecule has 0 radical (unpaired) electrons. The number of benzene rings is 9. The lowest BCUT2D eigenvalue weighted by molar-refractivity contribution is 0.793. The summed E-state index contributed by atoms with van der Waals surface area (Å²) in [4.78, 5) is 2.48. The number of fused-ring (bicyclic) bond motifs is 13. The van der Waals surface area contributed by atoms with E-state index in [0.717, 1.165) is 17.1 Å². The molecule has 2 aliphatic carbocycles. The average molecular weight is 742 g/mol. The summed E-state index contributed by atoms with van der Waals surface area (Å²) in [5.74, 6) is 0. The van der Waals surface area contributed by atoms with Crippen molar-refractivity contribution >= 4 is 48.6 Å². The minimum Gasteiger partial charge on any atom is -0.310 e. The molecule has 0 amide bonds. The molecule has 0 saturated carbocycles. The van der Waals surface area contributed by atoms with E-state index in [9.17, 15) is 0 Å². The molecule has 266 valence electrons. The number of anilines is 3. The Hall–Kier alpha value is -7.00. The third kappa shape index (κ3) is 4.68. The van der Waals surface area contributed by atoms with Gasteiger partial charge < -0.3 is 4.90 Å². The van der Waals surface area contributed by atoms with Crippen molar-refractivity contribution in [1.82, 2.24) is 0 Å². The van der Waals surface area contributed by atoms with E-state index in [1.54, 1.807) is 0 Å². The highest BCUT2D eigenvalue weighted by atomic mass is 32.1. The lowest BCUT2D eigenvalue weighted by Gasteiger charge is -2.33. The van der Waals surface area contributed by atoms with Crippen molar-refractivity contribution in [2.75, 3.05) is 4.90 Å². The highest BCUT2D eigenvalue weighted by molar-refractivity contribution is 7.25. The van der Waals surface area contributed by atoms with Crippen molar-refractivity contribution in [3.63, 3.8) is 0 Å². The van der Waals surface area contributed by atoms with Crippen molar-refractivity contribution in [2.45, 2.75) is 5.41 Å². The Labute approximate surface area is 336 Å². The van der Waals surface area contributed by atoms with E-state index >= 15 is 0 Å². The van der Waals surface area contributed by atoms with E-state index < -0.39 is 5.41 Å². The molecule has 1 nitrogen and oxygen atoms in total. The van der Waals surface area contributed by atoms with Gasteiger partial charge in [0, 0.05) is 37.1 Å². The Morgan fingerprint density at radius 3 is 1.60 bits per heavy atom. The van der Waals surface area contributed by atoms with E-state index in [1.165, 1.54) is 86.9 Å². The Bertz CT molecular complexity index is 3140. The van der Waals surface area contributed by atoms with Gasteiger partial charge in [0.25, 0.3) is 0 Å². The summed E-state index contributed by atoms with van der Waals surface area (Å²) < 4.78 is 2.64. The summed E-state index contributed by atoms with van der Waals surface area (Å²) >= 11 is 1.86. The average Bonchev–Trinajstić information content (AvgIpc) is 3.91. The van der Waals surface area contributed by atoms with E-state index in [0.29, 0.717) is 0 Å². The quantitative estimate of drug-likeness (QED) is 0.170. The van der Waals surface area contributed by atoms with Gasteiger partial charge in [0.15, 0.2) is 0 Å². The maximum atomic E-state index is 2.49. The van der Waals surface area contributed by atoms with Crippen molar-refractivity contribution in [2.24, 2.45) is 0 Å². The van der Waals surface area contributed by atoms with Gasteiger partial charge in [-0.15, -0.1) is 11.3 Å². The minimum absolute atomic E-state index is 0.430. The van der Waals surface area contributed by atoms with Crippen molar-refractivity contribution in [3.8, 4) is 44.5 Å². The molecule has 0 saturated heterocycles. The van der Waals surface area contributed by atoms with Crippen molar-refractivity contribution in [3.05, 3.63) is 235 Å². The van der Waals surface area contributed by atoms with Crippen LogP contribution < -0.4 is 4.90 Å². The van der Waals surface area contributed by atoms with Gasteiger partial charge in [0.1, 0.15) is 0 Å². The normalized spacial score (nSPS) is 13.1. The molecule has 1 heterocycles. The molecule has 0 unspecified atom stereocenters. The highest BCUT2D eigenvalue weighted by Crippen LogP contribution is 2.63. The number of rotatable bonds is 5. The third-order valence-corrected chi connectivity index (χ3v) is 13.4. The zero-order chi connectivity index (χ0) is 37.5. The van der Waals surface area contributed by atoms with Crippen LogP contribution in [-0.2, 0) is 5.41 Å². The predicted molar refractivity (Wildman–Crippen MR) is 241 cm³/mol. The fourth-order valence-corrected chi connectivity index (χ4v) is 11.0. The van der Waals surface area contributed by atoms with E-state index in [-0.39, 0.29) is 0 Å². The molecule has 2 aliphatic rings. The third-order valence-electron chi connectivity index (χ3n) is 12.3. The summed E-state index contributed by atoms with van der Waals surface area (Å²) in [6, 6.07) is 78.8. The fourth-order valence-electron chi connectivity index (χ4n) is 9.91. The molecule has 2 heteroatoms. The monoisotopic (exact) mass is 741 g/mol. The number of hydrogen-bond donors (Lipinski definition) is 0. The van der Waals surface area contributed by atoms with Crippen LogP contribution in [0.3, 0.4) is 0 Å². The summed E-state index contributed by atoms with van der Waals surface area (Å²) in [5, 5.41) is 2.63. The van der Waals surface area contributed by atoms with Gasteiger partial charge >= 0.3 is 0 Å². The van der Waals surface area contributed by atoms with Gasteiger partial charge in [-0.2, -0.15) is 0 Å². The Morgan fingerprint density at radius 1 is 0.316 bits per heavy atom.